The molecule has 0 saturated heterocycles. The van der Waals surface area contributed by atoms with Crippen LogP contribution >= 0.6 is 0 Å². The number of carbonyl (C=O) groups excluding carboxylic acids is 1. The molecule has 2 atom stereocenters. The van der Waals surface area contributed by atoms with E-state index in [4.69, 9.17) is 4.74 Å². The van der Waals surface area contributed by atoms with Gasteiger partial charge in [0.1, 0.15) is 11.8 Å². The normalized spacial score (nSPS) is 19.3. The molecular weight excluding hydrogens is 218 g/mol. The number of methoxy groups -OCH3 is 1. The molecular formula is C13H17NO3. The maximum Gasteiger partial charge on any atom is 0.322 e. The summed E-state index contributed by atoms with van der Waals surface area (Å²) >= 11 is 0. The molecule has 0 aliphatic carbocycles. The first-order valence-corrected chi connectivity index (χ1v) is 5.75. The van der Waals surface area contributed by atoms with Gasteiger partial charge in [0.15, 0.2) is 0 Å². The summed E-state index contributed by atoms with van der Waals surface area (Å²) in [6.45, 7) is 3.18. The van der Waals surface area contributed by atoms with Gasteiger partial charge in [-0.2, -0.15) is 0 Å². The van der Waals surface area contributed by atoms with E-state index in [-0.39, 0.29) is 12.0 Å². The molecule has 0 spiro atoms. The number of hydrogen-bond donors (Lipinski definition) is 1. The number of benzene rings is 1. The molecule has 1 aliphatic heterocycles. The number of nitrogens with one attached hydrogen (secondary N) is 1. The first kappa shape index (κ1) is 11.9. The number of hydrogen-bond acceptors (Lipinski definition) is 4. The zero-order valence-corrected chi connectivity index (χ0v) is 10.1. The van der Waals surface area contributed by atoms with Gasteiger partial charge in [-0.05, 0) is 13.0 Å². The van der Waals surface area contributed by atoms with Gasteiger partial charge in [-0.25, -0.2) is 0 Å². The molecule has 1 aromatic rings. The van der Waals surface area contributed by atoms with Gasteiger partial charge in [0.05, 0.1) is 13.7 Å². The summed E-state index contributed by atoms with van der Waals surface area (Å²) in [5.41, 5.74) is 1.21. The van der Waals surface area contributed by atoms with E-state index in [1.54, 1.807) is 6.92 Å². The van der Waals surface area contributed by atoms with Crippen molar-refractivity contribution in [1.29, 1.82) is 0 Å². The maximum atomic E-state index is 11.2. The molecule has 17 heavy (non-hydrogen) atoms. The number of carbonyl (C=O) groups is 1. The molecule has 0 aromatic heterocycles. The summed E-state index contributed by atoms with van der Waals surface area (Å²) in [5.74, 6) is 1.01. The highest BCUT2D eigenvalue weighted by atomic mass is 16.5. The average Bonchev–Trinajstić information content (AvgIpc) is 2.78. The van der Waals surface area contributed by atoms with Gasteiger partial charge in [-0.1, -0.05) is 18.2 Å². The molecule has 2 unspecified atom stereocenters. The van der Waals surface area contributed by atoms with Crippen molar-refractivity contribution in [1.82, 2.24) is 5.32 Å². The number of esters is 1. The third-order valence-corrected chi connectivity index (χ3v) is 3.02. The molecule has 0 radical (unpaired) electrons. The van der Waals surface area contributed by atoms with E-state index in [2.05, 4.69) is 16.1 Å². The minimum atomic E-state index is -0.284. The van der Waals surface area contributed by atoms with Crippen LogP contribution in [0.5, 0.6) is 5.75 Å². The van der Waals surface area contributed by atoms with Crippen molar-refractivity contribution in [2.75, 3.05) is 20.3 Å². The lowest BCUT2D eigenvalue weighted by Gasteiger charge is -2.14. The fourth-order valence-electron chi connectivity index (χ4n) is 1.98. The Hall–Kier alpha value is -1.55. The van der Waals surface area contributed by atoms with Crippen LogP contribution in [0.1, 0.15) is 18.4 Å². The SMILES string of the molecule is COC(=O)C(C)NCC1COc2ccccc21. The predicted octanol–water partition coefficient (Wildman–Crippen LogP) is 1.31. The molecule has 0 fully saturated rings. The maximum absolute atomic E-state index is 11.2. The van der Waals surface area contributed by atoms with Crippen LogP contribution in [0.15, 0.2) is 24.3 Å². The minimum Gasteiger partial charge on any atom is -0.493 e. The Morgan fingerprint density at radius 1 is 1.59 bits per heavy atom. The van der Waals surface area contributed by atoms with E-state index in [1.165, 1.54) is 12.7 Å². The lowest BCUT2D eigenvalue weighted by atomic mass is 10.0. The van der Waals surface area contributed by atoms with Crippen LogP contribution in [0.25, 0.3) is 0 Å². The fourth-order valence-corrected chi connectivity index (χ4v) is 1.98. The molecule has 1 N–H and O–H groups in total. The highest BCUT2D eigenvalue weighted by Gasteiger charge is 2.24. The summed E-state index contributed by atoms with van der Waals surface area (Å²) in [5, 5.41) is 3.16. The monoisotopic (exact) mass is 235 g/mol. The molecule has 1 heterocycles. The van der Waals surface area contributed by atoms with Crippen molar-refractivity contribution in [3.8, 4) is 5.75 Å². The van der Waals surface area contributed by atoms with E-state index in [9.17, 15) is 4.79 Å². The highest BCUT2D eigenvalue weighted by Crippen LogP contribution is 2.32. The van der Waals surface area contributed by atoms with Gasteiger partial charge >= 0.3 is 5.97 Å². The fraction of sp³-hybridized carbons (Fsp3) is 0.462. The van der Waals surface area contributed by atoms with Crippen molar-refractivity contribution in [3.05, 3.63) is 29.8 Å². The Balaban J connectivity index is 1.92. The molecule has 1 aliphatic rings. The van der Waals surface area contributed by atoms with Crippen LogP contribution in [-0.2, 0) is 9.53 Å². The van der Waals surface area contributed by atoms with Crippen molar-refractivity contribution in [3.63, 3.8) is 0 Å². The molecule has 1 aromatic carbocycles. The van der Waals surface area contributed by atoms with Crippen LogP contribution in [0, 0.1) is 0 Å². The second-order valence-electron chi connectivity index (χ2n) is 4.20. The van der Waals surface area contributed by atoms with E-state index in [0.29, 0.717) is 19.1 Å². The molecule has 0 saturated carbocycles. The summed E-state index contributed by atoms with van der Waals surface area (Å²) < 4.78 is 10.2. The molecule has 4 nitrogen and oxygen atoms in total. The Kier molecular flexibility index (Phi) is 3.64. The standard InChI is InChI=1S/C13H17NO3/c1-9(13(15)16-2)14-7-10-8-17-12-6-4-3-5-11(10)12/h3-6,9-10,14H,7-8H2,1-2H3. The average molecular weight is 235 g/mol. The zero-order valence-electron chi connectivity index (χ0n) is 10.1. The van der Waals surface area contributed by atoms with Gasteiger partial charge in [-0.15, -0.1) is 0 Å². The van der Waals surface area contributed by atoms with Crippen LogP contribution < -0.4 is 10.1 Å². The Morgan fingerprint density at radius 2 is 2.35 bits per heavy atom. The zero-order chi connectivity index (χ0) is 12.3. The van der Waals surface area contributed by atoms with Crippen LogP contribution in [-0.4, -0.2) is 32.3 Å². The minimum absolute atomic E-state index is 0.239. The van der Waals surface area contributed by atoms with Crippen LogP contribution in [0.3, 0.4) is 0 Å². The van der Waals surface area contributed by atoms with E-state index >= 15 is 0 Å². The lowest BCUT2D eigenvalue weighted by molar-refractivity contribution is -0.142. The molecule has 92 valence electrons. The van der Waals surface area contributed by atoms with Crippen molar-refractivity contribution >= 4 is 5.97 Å². The Labute approximate surface area is 101 Å². The van der Waals surface area contributed by atoms with Gasteiger partial charge < -0.3 is 14.8 Å². The number of rotatable bonds is 4. The summed E-state index contributed by atoms with van der Waals surface area (Å²) in [6.07, 6.45) is 0. The molecule has 2 rings (SSSR count). The summed E-state index contributed by atoms with van der Waals surface area (Å²) in [6, 6.07) is 7.72. The van der Waals surface area contributed by atoms with Crippen molar-refractivity contribution in [2.24, 2.45) is 0 Å². The van der Waals surface area contributed by atoms with E-state index in [0.717, 1.165) is 5.75 Å². The highest BCUT2D eigenvalue weighted by molar-refractivity contribution is 5.75. The Bertz CT molecular complexity index is 405. The topological polar surface area (TPSA) is 47.6 Å². The van der Waals surface area contributed by atoms with Crippen molar-refractivity contribution < 1.29 is 14.3 Å². The van der Waals surface area contributed by atoms with Gasteiger partial charge in [0.25, 0.3) is 0 Å². The second-order valence-corrected chi connectivity index (χ2v) is 4.20. The second kappa shape index (κ2) is 5.19. The van der Waals surface area contributed by atoms with Crippen LogP contribution in [0.2, 0.25) is 0 Å². The lowest BCUT2D eigenvalue weighted by Crippen LogP contribution is -2.37. The first-order chi connectivity index (χ1) is 8.22. The predicted molar refractivity (Wildman–Crippen MR) is 64.2 cm³/mol. The summed E-state index contributed by atoms with van der Waals surface area (Å²) in [4.78, 5) is 11.2. The quantitative estimate of drug-likeness (QED) is 0.799. The van der Waals surface area contributed by atoms with E-state index < -0.39 is 0 Å². The largest absolute Gasteiger partial charge is 0.493 e. The third-order valence-electron chi connectivity index (χ3n) is 3.02. The van der Waals surface area contributed by atoms with Crippen molar-refractivity contribution in [2.45, 2.75) is 18.9 Å². The number of fused-ring (bicyclic) bond motifs is 1. The smallest absolute Gasteiger partial charge is 0.322 e. The molecule has 4 heteroatoms. The third kappa shape index (κ3) is 2.58. The van der Waals surface area contributed by atoms with E-state index in [1.807, 2.05) is 18.2 Å². The van der Waals surface area contributed by atoms with Crippen LogP contribution in [0.4, 0.5) is 0 Å². The summed E-state index contributed by atoms with van der Waals surface area (Å²) in [7, 11) is 1.40. The molecule has 0 amide bonds. The van der Waals surface area contributed by atoms with Gasteiger partial charge in [0.2, 0.25) is 0 Å². The number of ether oxygens (including phenoxy) is 2. The first-order valence-electron chi connectivity index (χ1n) is 5.75. The molecule has 0 bridgehead atoms. The Morgan fingerprint density at radius 3 is 3.12 bits per heavy atom. The van der Waals surface area contributed by atoms with Gasteiger partial charge in [-0.3, -0.25) is 4.79 Å². The van der Waals surface area contributed by atoms with Gasteiger partial charge in [0, 0.05) is 18.0 Å². The number of para-hydroxylation sites is 1.